The summed E-state index contributed by atoms with van der Waals surface area (Å²) in [7, 11) is 0. The smallest absolute Gasteiger partial charge is 0.421 e. The van der Waals surface area contributed by atoms with Gasteiger partial charge in [0.15, 0.2) is 22.7 Å². The number of amides is 1. The number of rotatable bonds is 6. The van der Waals surface area contributed by atoms with Crippen LogP contribution in [-0.2, 0) is 17.8 Å². The van der Waals surface area contributed by atoms with E-state index in [2.05, 4.69) is 10.3 Å². The lowest BCUT2D eigenvalue weighted by molar-refractivity contribution is -0.121. The third-order valence-corrected chi connectivity index (χ3v) is 4.49. The number of nitrogens with zero attached hydrogens (tertiary/aromatic N) is 2. The molecule has 1 amide bonds. The molecule has 3 heterocycles. The molecule has 0 spiro atoms. The van der Waals surface area contributed by atoms with Crippen LogP contribution in [0.15, 0.2) is 45.7 Å². The molecule has 27 heavy (non-hydrogen) atoms. The van der Waals surface area contributed by atoms with Crippen molar-refractivity contribution in [3.05, 3.63) is 52.6 Å². The highest BCUT2D eigenvalue weighted by atomic mass is 16.7. The molecule has 1 aliphatic rings. The summed E-state index contributed by atoms with van der Waals surface area (Å²) in [5, 5.41) is 2.97. The molecule has 0 bridgehead atoms. The molecule has 0 radical (unpaired) electrons. The summed E-state index contributed by atoms with van der Waals surface area (Å²) < 4.78 is 17.3. The first-order chi connectivity index (χ1) is 13.1. The Bertz CT molecular complexity index is 1040. The Kier molecular flexibility index (Phi) is 4.53. The maximum Gasteiger partial charge on any atom is 0.421 e. The molecule has 8 nitrogen and oxygen atoms in total. The molecule has 0 fully saturated rings. The lowest BCUT2D eigenvalue weighted by atomic mass is 10.1. The number of pyridine rings is 1. The third kappa shape index (κ3) is 3.51. The highest BCUT2D eigenvalue weighted by molar-refractivity contribution is 5.79. The van der Waals surface area contributed by atoms with E-state index in [1.807, 2.05) is 13.0 Å². The zero-order valence-electron chi connectivity index (χ0n) is 14.8. The molecule has 1 aliphatic heterocycles. The highest BCUT2D eigenvalue weighted by Gasteiger charge is 2.18. The number of aromatic nitrogens is 2. The van der Waals surface area contributed by atoms with Crippen molar-refractivity contribution >= 4 is 17.1 Å². The number of carbonyl (C=O) groups is 1. The first-order valence-corrected chi connectivity index (χ1v) is 8.76. The van der Waals surface area contributed by atoms with Crippen LogP contribution in [0.1, 0.15) is 18.9 Å². The zero-order valence-corrected chi connectivity index (χ0v) is 14.8. The summed E-state index contributed by atoms with van der Waals surface area (Å²) in [5.41, 5.74) is 1.74. The zero-order chi connectivity index (χ0) is 18.8. The average Bonchev–Trinajstić information content (AvgIpc) is 3.25. The number of oxazole rings is 1. The van der Waals surface area contributed by atoms with Crippen LogP contribution in [0.2, 0.25) is 0 Å². The summed E-state index contributed by atoms with van der Waals surface area (Å²) >= 11 is 0. The second-order valence-corrected chi connectivity index (χ2v) is 6.34. The molecular weight excluding hydrogens is 350 g/mol. The van der Waals surface area contributed by atoms with Gasteiger partial charge in [-0.2, -0.15) is 0 Å². The number of ether oxygens (including phenoxy) is 2. The Labute approximate surface area is 154 Å². The summed E-state index contributed by atoms with van der Waals surface area (Å²) in [6.45, 7) is 2.45. The fourth-order valence-corrected chi connectivity index (χ4v) is 3.07. The second kappa shape index (κ2) is 7.14. The minimum Gasteiger partial charge on any atom is -0.454 e. The quantitative estimate of drug-likeness (QED) is 0.712. The van der Waals surface area contributed by atoms with E-state index in [-0.39, 0.29) is 25.2 Å². The SMILES string of the molecule is CC[C@H](Cn1c(=O)oc2cccnc21)NC(=O)Cc1ccc2c(c1)OCO2. The van der Waals surface area contributed by atoms with Crippen molar-refractivity contribution < 1.29 is 18.7 Å². The normalized spacial score (nSPS) is 13.7. The number of fused-ring (bicyclic) bond motifs is 2. The van der Waals surface area contributed by atoms with Gasteiger partial charge in [0.1, 0.15) is 0 Å². The van der Waals surface area contributed by atoms with E-state index in [1.54, 1.807) is 30.5 Å². The van der Waals surface area contributed by atoms with Gasteiger partial charge in [0, 0.05) is 12.2 Å². The largest absolute Gasteiger partial charge is 0.454 e. The van der Waals surface area contributed by atoms with Gasteiger partial charge in [-0.15, -0.1) is 0 Å². The van der Waals surface area contributed by atoms with Crippen LogP contribution in [0.5, 0.6) is 11.5 Å². The van der Waals surface area contributed by atoms with Crippen LogP contribution in [0.4, 0.5) is 0 Å². The Hall–Kier alpha value is -3.29. The fraction of sp³-hybridized carbons (Fsp3) is 0.316. The molecule has 1 aromatic carbocycles. The monoisotopic (exact) mass is 369 g/mol. The number of nitrogens with one attached hydrogen (secondary N) is 1. The minimum absolute atomic E-state index is 0.130. The van der Waals surface area contributed by atoms with Crippen molar-refractivity contribution in [2.24, 2.45) is 0 Å². The van der Waals surface area contributed by atoms with Crippen molar-refractivity contribution in [1.29, 1.82) is 0 Å². The van der Waals surface area contributed by atoms with Crippen LogP contribution in [-0.4, -0.2) is 28.3 Å². The molecule has 8 heteroatoms. The molecule has 0 unspecified atom stereocenters. The van der Waals surface area contributed by atoms with E-state index < -0.39 is 5.76 Å². The molecule has 0 saturated carbocycles. The summed E-state index contributed by atoms with van der Waals surface area (Å²) in [4.78, 5) is 28.7. The van der Waals surface area contributed by atoms with Crippen molar-refractivity contribution in [2.75, 3.05) is 6.79 Å². The predicted octanol–water partition coefficient (Wildman–Crippen LogP) is 1.86. The first-order valence-electron chi connectivity index (χ1n) is 8.76. The van der Waals surface area contributed by atoms with Crippen LogP contribution < -0.4 is 20.5 Å². The van der Waals surface area contributed by atoms with Gasteiger partial charge in [-0.05, 0) is 36.2 Å². The fourth-order valence-electron chi connectivity index (χ4n) is 3.07. The second-order valence-electron chi connectivity index (χ2n) is 6.34. The van der Waals surface area contributed by atoms with Crippen LogP contribution in [0.25, 0.3) is 11.2 Å². The standard InChI is InChI=1S/C19H19N3O5/c1-2-13(10-22-18-15(27-19(22)24)4-3-7-20-18)21-17(23)9-12-5-6-14-16(8-12)26-11-25-14/h3-8,13H,2,9-11H2,1H3,(H,21,23)/t13-/m1/s1. The van der Waals surface area contributed by atoms with E-state index in [1.165, 1.54) is 4.57 Å². The molecule has 1 atom stereocenters. The van der Waals surface area contributed by atoms with Gasteiger partial charge in [0.05, 0.1) is 13.0 Å². The van der Waals surface area contributed by atoms with E-state index in [0.717, 1.165) is 5.56 Å². The number of hydrogen-bond donors (Lipinski definition) is 1. The number of carbonyl (C=O) groups excluding carboxylic acids is 1. The Morgan fingerprint density at radius 2 is 2.15 bits per heavy atom. The molecule has 2 aromatic heterocycles. The van der Waals surface area contributed by atoms with Crippen molar-refractivity contribution in [3.63, 3.8) is 0 Å². The molecule has 3 aromatic rings. The maximum atomic E-state index is 12.4. The lowest BCUT2D eigenvalue weighted by Crippen LogP contribution is -2.40. The predicted molar refractivity (Wildman–Crippen MR) is 96.8 cm³/mol. The molecule has 0 saturated heterocycles. The Morgan fingerprint density at radius 3 is 3.00 bits per heavy atom. The van der Waals surface area contributed by atoms with Gasteiger partial charge in [-0.1, -0.05) is 13.0 Å². The summed E-state index contributed by atoms with van der Waals surface area (Å²) in [6.07, 6.45) is 2.48. The number of benzene rings is 1. The van der Waals surface area contributed by atoms with Crippen molar-refractivity contribution in [2.45, 2.75) is 32.4 Å². The first kappa shape index (κ1) is 17.1. The molecule has 140 valence electrons. The molecular formula is C19H19N3O5. The molecule has 4 rings (SSSR count). The third-order valence-electron chi connectivity index (χ3n) is 4.49. The number of hydrogen-bond acceptors (Lipinski definition) is 6. The van der Waals surface area contributed by atoms with Crippen molar-refractivity contribution in [3.8, 4) is 11.5 Å². The molecule has 0 aliphatic carbocycles. The Balaban J connectivity index is 1.44. The van der Waals surface area contributed by atoms with Crippen LogP contribution in [0.3, 0.4) is 0 Å². The average molecular weight is 369 g/mol. The summed E-state index contributed by atoms with van der Waals surface area (Å²) in [5.74, 6) is 0.723. The van der Waals surface area contributed by atoms with Gasteiger partial charge < -0.3 is 19.2 Å². The maximum absolute atomic E-state index is 12.4. The Morgan fingerprint density at radius 1 is 1.30 bits per heavy atom. The van der Waals surface area contributed by atoms with E-state index in [0.29, 0.717) is 35.7 Å². The van der Waals surface area contributed by atoms with Crippen LogP contribution in [0, 0.1) is 0 Å². The minimum atomic E-state index is -0.479. The van der Waals surface area contributed by atoms with Gasteiger partial charge in [0.25, 0.3) is 0 Å². The van der Waals surface area contributed by atoms with Crippen molar-refractivity contribution in [1.82, 2.24) is 14.9 Å². The van der Waals surface area contributed by atoms with Gasteiger partial charge >= 0.3 is 5.76 Å². The summed E-state index contributed by atoms with van der Waals surface area (Å²) in [6, 6.07) is 8.63. The van der Waals surface area contributed by atoms with Gasteiger partial charge in [0.2, 0.25) is 12.7 Å². The highest BCUT2D eigenvalue weighted by Crippen LogP contribution is 2.32. The van der Waals surface area contributed by atoms with Crippen LogP contribution >= 0.6 is 0 Å². The topological polar surface area (TPSA) is 95.6 Å². The van der Waals surface area contributed by atoms with E-state index in [4.69, 9.17) is 13.9 Å². The van der Waals surface area contributed by atoms with Gasteiger partial charge in [-0.3, -0.25) is 9.36 Å². The van der Waals surface area contributed by atoms with Gasteiger partial charge in [-0.25, -0.2) is 9.78 Å². The van der Waals surface area contributed by atoms with E-state index >= 15 is 0 Å². The molecule has 1 N–H and O–H groups in total. The lowest BCUT2D eigenvalue weighted by Gasteiger charge is -2.17. The van der Waals surface area contributed by atoms with E-state index in [9.17, 15) is 9.59 Å².